The molecule has 1 aromatic heterocycles. The lowest BCUT2D eigenvalue weighted by Gasteiger charge is -2.11. The second kappa shape index (κ2) is 5.60. The van der Waals surface area contributed by atoms with Crippen molar-refractivity contribution in [1.82, 2.24) is 4.98 Å². The summed E-state index contributed by atoms with van der Waals surface area (Å²) < 4.78 is 0. The monoisotopic (exact) mass is 256 g/mol. The van der Waals surface area contributed by atoms with Gasteiger partial charge in [-0.3, -0.25) is 9.59 Å². The molecule has 0 saturated heterocycles. The van der Waals surface area contributed by atoms with Crippen LogP contribution in [0.5, 0.6) is 0 Å². The van der Waals surface area contributed by atoms with Crippen molar-refractivity contribution in [2.24, 2.45) is 11.5 Å². The Morgan fingerprint density at radius 2 is 2.18 bits per heavy atom. The Kier molecular flexibility index (Phi) is 4.42. The van der Waals surface area contributed by atoms with Crippen molar-refractivity contribution in [3.8, 4) is 0 Å². The van der Waals surface area contributed by atoms with Crippen LogP contribution in [0.25, 0.3) is 0 Å². The lowest BCUT2D eigenvalue weighted by molar-refractivity contribution is -0.123. The highest BCUT2D eigenvalue weighted by Crippen LogP contribution is 2.15. The van der Waals surface area contributed by atoms with Crippen LogP contribution in [0.15, 0.2) is 12.1 Å². The summed E-state index contributed by atoms with van der Waals surface area (Å²) in [6, 6.07) is 2.19. The van der Waals surface area contributed by atoms with Crippen LogP contribution in [0.1, 0.15) is 12.1 Å². The van der Waals surface area contributed by atoms with E-state index in [4.69, 9.17) is 23.1 Å². The van der Waals surface area contributed by atoms with Crippen molar-refractivity contribution >= 4 is 29.1 Å². The lowest BCUT2D eigenvalue weighted by atomic mass is 10.2. The Balaban J connectivity index is 2.71. The zero-order valence-corrected chi connectivity index (χ0v) is 9.99. The maximum absolute atomic E-state index is 11.6. The number of anilines is 1. The fourth-order valence-corrected chi connectivity index (χ4v) is 1.39. The Labute approximate surface area is 103 Å². The zero-order valence-electron chi connectivity index (χ0n) is 9.24. The van der Waals surface area contributed by atoms with Crippen molar-refractivity contribution < 1.29 is 9.59 Å². The molecule has 0 saturated carbocycles. The Bertz CT molecular complexity index is 450. The minimum atomic E-state index is -0.970. The topological polar surface area (TPSA) is 111 Å². The van der Waals surface area contributed by atoms with Gasteiger partial charge in [0.25, 0.3) is 0 Å². The molecule has 0 bridgehead atoms. The minimum Gasteiger partial charge on any atom is -0.370 e. The molecule has 0 fully saturated rings. The molecule has 1 heterocycles. The standard InChI is InChI=1S/C10H13ClN4O2/c1-5-7(2-3-8(11)14-5)15-10(17)6(12)4-9(13)16/h2-3,6H,4,12H2,1H3,(H2,13,16)(H,15,17). The van der Waals surface area contributed by atoms with Crippen LogP contribution >= 0.6 is 11.6 Å². The molecule has 92 valence electrons. The molecule has 5 N–H and O–H groups in total. The van der Waals surface area contributed by atoms with E-state index in [9.17, 15) is 9.59 Å². The van der Waals surface area contributed by atoms with E-state index in [2.05, 4.69) is 10.3 Å². The van der Waals surface area contributed by atoms with Gasteiger partial charge in [-0.1, -0.05) is 11.6 Å². The van der Waals surface area contributed by atoms with Gasteiger partial charge in [-0.05, 0) is 19.1 Å². The number of carbonyl (C=O) groups is 2. The summed E-state index contributed by atoms with van der Waals surface area (Å²) >= 11 is 5.68. The van der Waals surface area contributed by atoms with Gasteiger partial charge < -0.3 is 16.8 Å². The number of nitrogens with zero attached hydrogens (tertiary/aromatic N) is 1. The fourth-order valence-electron chi connectivity index (χ4n) is 1.20. The first kappa shape index (κ1) is 13.4. The molecule has 1 rings (SSSR count). The molecular formula is C10H13ClN4O2. The van der Waals surface area contributed by atoms with E-state index in [1.54, 1.807) is 19.1 Å². The average Bonchev–Trinajstić information content (AvgIpc) is 2.21. The Morgan fingerprint density at radius 3 is 2.71 bits per heavy atom. The highest BCUT2D eigenvalue weighted by Gasteiger charge is 2.16. The molecule has 0 aromatic carbocycles. The average molecular weight is 257 g/mol. The predicted octanol–water partition coefficient (Wildman–Crippen LogP) is 0.185. The molecule has 0 aliphatic heterocycles. The number of primary amides is 1. The highest BCUT2D eigenvalue weighted by atomic mass is 35.5. The summed E-state index contributed by atoms with van der Waals surface area (Å²) in [5.41, 5.74) is 11.5. The Morgan fingerprint density at radius 1 is 1.53 bits per heavy atom. The number of nitrogens with one attached hydrogen (secondary N) is 1. The van der Waals surface area contributed by atoms with Gasteiger partial charge in [0.05, 0.1) is 23.8 Å². The lowest BCUT2D eigenvalue weighted by Crippen LogP contribution is -2.39. The van der Waals surface area contributed by atoms with Crippen molar-refractivity contribution in [1.29, 1.82) is 0 Å². The van der Waals surface area contributed by atoms with Crippen LogP contribution < -0.4 is 16.8 Å². The highest BCUT2D eigenvalue weighted by molar-refractivity contribution is 6.29. The number of hydrogen-bond acceptors (Lipinski definition) is 4. The zero-order chi connectivity index (χ0) is 13.0. The number of halogens is 1. The fraction of sp³-hybridized carbons (Fsp3) is 0.300. The molecule has 1 aromatic rings. The van der Waals surface area contributed by atoms with Crippen molar-refractivity contribution in [2.75, 3.05) is 5.32 Å². The maximum Gasteiger partial charge on any atom is 0.241 e. The van der Waals surface area contributed by atoms with E-state index < -0.39 is 17.9 Å². The summed E-state index contributed by atoms with van der Waals surface area (Å²) in [6.45, 7) is 1.70. The van der Waals surface area contributed by atoms with Crippen molar-refractivity contribution in [3.05, 3.63) is 23.0 Å². The van der Waals surface area contributed by atoms with Crippen molar-refractivity contribution in [2.45, 2.75) is 19.4 Å². The van der Waals surface area contributed by atoms with E-state index in [1.807, 2.05) is 0 Å². The Hall–Kier alpha value is -1.66. The molecule has 0 radical (unpaired) electrons. The number of nitrogens with two attached hydrogens (primary N) is 2. The van der Waals surface area contributed by atoms with Gasteiger partial charge in [0.1, 0.15) is 5.15 Å². The van der Waals surface area contributed by atoms with Crippen LogP contribution in [0.3, 0.4) is 0 Å². The first-order chi connectivity index (χ1) is 7.90. The number of pyridine rings is 1. The van der Waals surface area contributed by atoms with Gasteiger partial charge in [-0.25, -0.2) is 4.98 Å². The molecule has 1 unspecified atom stereocenters. The van der Waals surface area contributed by atoms with Crippen LogP contribution in [0.2, 0.25) is 5.15 Å². The SMILES string of the molecule is Cc1nc(Cl)ccc1NC(=O)C(N)CC(N)=O. The quantitative estimate of drug-likeness (QED) is 0.668. The summed E-state index contributed by atoms with van der Waals surface area (Å²) in [5.74, 6) is -1.12. The van der Waals surface area contributed by atoms with Gasteiger partial charge in [0.2, 0.25) is 11.8 Å². The van der Waals surface area contributed by atoms with Crippen LogP contribution in [-0.4, -0.2) is 22.8 Å². The second-order valence-corrected chi connectivity index (χ2v) is 3.92. The summed E-state index contributed by atoms with van der Waals surface area (Å²) in [7, 11) is 0. The molecule has 0 spiro atoms. The van der Waals surface area contributed by atoms with Gasteiger partial charge in [-0.15, -0.1) is 0 Å². The minimum absolute atomic E-state index is 0.202. The smallest absolute Gasteiger partial charge is 0.241 e. The molecule has 6 nitrogen and oxygen atoms in total. The number of rotatable bonds is 4. The summed E-state index contributed by atoms with van der Waals surface area (Å²) in [6.07, 6.45) is -0.202. The maximum atomic E-state index is 11.6. The number of carbonyl (C=O) groups excluding carboxylic acids is 2. The molecule has 2 amide bonds. The van der Waals surface area contributed by atoms with Gasteiger partial charge in [0, 0.05) is 0 Å². The third-order valence-corrected chi connectivity index (χ3v) is 2.28. The number of aromatic nitrogens is 1. The molecule has 1 atom stereocenters. The third-order valence-electron chi connectivity index (χ3n) is 2.07. The molecule has 0 aliphatic carbocycles. The number of amides is 2. The van der Waals surface area contributed by atoms with Crippen LogP contribution in [0.4, 0.5) is 5.69 Å². The second-order valence-electron chi connectivity index (χ2n) is 3.53. The van der Waals surface area contributed by atoms with Gasteiger partial charge in [-0.2, -0.15) is 0 Å². The summed E-state index contributed by atoms with van der Waals surface area (Å²) in [4.78, 5) is 26.2. The van der Waals surface area contributed by atoms with E-state index in [1.165, 1.54) is 0 Å². The van der Waals surface area contributed by atoms with Crippen LogP contribution in [0, 0.1) is 6.92 Å². The summed E-state index contributed by atoms with van der Waals surface area (Å²) in [5, 5.41) is 2.88. The third kappa shape index (κ3) is 4.01. The van der Waals surface area contributed by atoms with Gasteiger partial charge in [0.15, 0.2) is 0 Å². The van der Waals surface area contributed by atoms with Crippen LogP contribution in [-0.2, 0) is 9.59 Å². The largest absolute Gasteiger partial charge is 0.370 e. The first-order valence-corrected chi connectivity index (χ1v) is 5.26. The van der Waals surface area contributed by atoms with Gasteiger partial charge >= 0.3 is 0 Å². The number of aryl methyl sites for hydroxylation is 1. The molecular weight excluding hydrogens is 244 g/mol. The van der Waals surface area contributed by atoms with E-state index in [0.717, 1.165) is 0 Å². The number of hydrogen-bond donors (Lipinski definition) is 3. The van der Waals surface area contributed by atoms with E-state index >= 15 is 0 Å². The molecule has 7 heteroatoms. The molecule has 0 aliphatic rings. The predicted molar refractivity (Wildman–Crippen MR) is 64.4 cm³/mol. The van der Waals surface area contributed by atoms with E-state index in [0.29, 0.717) is 16.5 Å². The first-order valence-electron chi connectivity index (χ1n) is 4.88. The van der Waals surface area contributed by atoms with Crippen molar-refractivity contribution in [3.63, 3.8) is 0 Å². The normalized spacial score (nSPS) is 11.9. The molecule has 17 heavy (non-hydrogen) atoms. The van der Waals surface area contributed by atoms with E-state index in [-0.39, 0.29) is 6.42 Å².